The van der Waals surface area contributed by atoms with E-state index in [0.717, 1.165) is 28.8 Å². The Morgan fingerprint density at radius 3 is 2.42 bits per heavy atom. The third-order valence-electron chi connectivity index (χ3n) is 4.15. The monoisotopic (exact) mass is 458 g/mol. The number of nitrogens with one attached hydrogen (secondary N) is 1. The molecule has 0 bridgehead atoms. The van der Waals surface area contributed by atoms with Gasteiger partial charge in [-0.2, -0.15) is 13.2 Å². The highest BCUT2D eigenvalue weighted by atomic mass is 32.2. The lowest BCUT2D eigenvalue weighted by molar-refractivity contribution is -0.137. The van der Waals surface area contributed by atoms with Gasteiger partial charge in [-0.3, -0.25) is 9.10 Å². The number of carbonyl (C=O) groups excluding carboxylic acids is 1. The minimum Gasteiger partial charge on any atom is -0.489 e. The summed E-state index contributed by atoms with van der Waals surface area (Å²) in [6.07, 6.45) is -3.69. The molecule has 1 N–H and O–H groups in total. The van der Waals surface area contributed by atoms with E-state index in [1.165, 1.54) is 6.07 Å². The van der Waals surface area contributed by atoms with Crippen molar-refractivity contribution in [1.29, 1.82) is 0 Å². The molecule has 0 saturated heterocycles. The van der Waals surface area contributed by atoms with Crippen LogP contribution in [-0.2, 0) is 21.0 Å². The first-order valence-electron chi connectivity index (χ1n) is 9.58. The molecule has 0 aliphatic carbocycles. The van der Waals surface area contributed by atoms with E-state index >= 15 is 0 Å². The molecule has 0 aromatic heterocycles. The van der Waals surface area contributed by atoms with Crippen LogP contribution in [0.2, 0.25) is 0 Å². The Morgan fingerprint density at radius 1 is 1.13 bits per heavy atom. The van der Waals surface area contributed by atoms with Crippen LogP contribution in [0.3, 0.4) is 0 Å². The molecule has 2 aromatic carbocycles. The number of sulfonamides is 1. The molecule has 0 saturated carbocycles. The van der Waals surface area contributed by atoms with E-state index in [1.54, 1.807) is 24.3 Å². The quantitative estimate of drug-likeness (QED) is 0.592. The lowest BCUT2D eigenvalue weighted by atomic mass is 10.2. The molecule has 6 nitrogen and oxygen atoms in total. The van der Waals surface area contributed by atoms with Crippen molar-refractivity contribution in [1.82, 2.24) is 0 Å². The van der Waals surface area contributed by atoms with Gasteiger partial charge in [-0.05, 0) is 50.6 Å². The van der Waals surface area contributed by atoms with Crippen molar-refractivity contribution in [2.75, 3.05) is 22.4 Å². The van der Waals surface area contributed by atoms with Gasteiger partial charge in [0.15, 0.2) is 0 Å². The maximum atomic E-state index is 13.0. The van der Waals surface area contributed by atoms with Crippen molar-refractivity contribution in [3.05, 3.63) is 54.1 Å². The van der Waals surface area contributed by atoms with Gasteiger partial charge >= 0.3 is 6.18 Å². The van der Waals surface area contributed by atoms with E-state index in [0.29, 0.717) is 11.4 Å². The van der Waals surface area contributed by atoms with E-state index in [-0.39, 0.29) is 37.1 Å². The summed E-state index contributed by atoms with van der Waals surface area (Å²) < 4.78 is 69.7. The summed E-state index contributed by atoms with van der Waals surface area (Å²) in [5, 5.41) is 2.72. The molecule has 0 fully saturated rings. The van der Waals surface area contributed by atoms with Crippen molar-refractivity contribution in [3.63, 3.8) is 0 Å². The average molecular weight is 459 g/mol. The highest BCUT2D eigenvalue weighted by molar-refractivity contribution is 7.92. The number of hydrogen-bond donors (Lipinski definition) is 1. The van der Waals surface area contributed by atoms with Crippen molar-refractivity contribution in [2.24, 2.45) is 0 Å². The molecule has 31 heavy (non-hydrogen) atoms. The van der Waals surface area contributed by atoms with Crippen LogP contribution in [0, 0.1) is 0 Å². The Bertz CT molecular complexity index is 1010. The molecule has 2 rings (SSSR count). The second kappa shape index (κ2) is 10.0. The molecule has 1 amide bonds. The number of ether oxygens (including phenoxy) is 1. The van der Waals surface area contributed by atoms with E-state index in [1.807, 2.05) is 13.8 Å². The lowest BCUT2D eigenvalue weighted by Crippen LogP contribution is -2.31. The summed E-state index contributed by atoms with van der Waals surface area (Å²) in [4.78, 5) is 12.3. The summed E-state index contributed by atoms with van der Waals surface area (Å²) >= 11 is 0. The number of halogens is 3. The van der Waals surface area contributed by atoms with Crippen LogP contribution in [0.25, 0.3) is 0 Å². The number of nitrogens with zero attached hydrogens (tertiary/aromatic N) is 1. The minimum absolute atomic E-state index is 0.0268. The Hall–Kier alpha value is -2.75. The summed E-state index contributed by atoms with van der Waals surface area (Å²) in [7, 11) is -3.84. The van der Waals surface area contributed by atoms with Gasteiger partial charge in [-0.15, -0.1) is 0 Å². The summed E-state index contributed by atoms with van der Waals surface area (Å²) in [5.41, 5.74) is -0.564. The molecular weight excluding hydrogens is 433 g/mol. The number of amides is 1. The van der Waals surface area contributed by atoms with E-state index < -0.39 is 21.8 Å². The fourth-order valence-electron chi connectivity index (χ4n) is 2.85. The molecule has 0 aliphatic rings. The number of para-hydroxylation sites is 2. The van der Waals surface area contributed by atoms with E-state index in [2.05, 4.69) is 5.32 Å². The van der Waals surface area contributed by atoms with Crippen molar-refractivity contribution in [3.8, 4) is 5.75 Å². The molecule has 0 heterocycles. The van der Waals surface area contributed by atoms with Crippen LogP contribution >= 0.6 is 0 Å². The molecule has 0 atom stereocenters. The van der Waals surface area contributed by atoms with Gasteiger partial charge in [-0.1, -0.05) is 18.2 Å². The number of rotatable bonds is 9. The average Bonchev–Trinajstić information content (AvgIpc) is 2.65. The van der Waals surface area contributed by atoms with Crippen LogP contribution in [0.5, 0.6) is 5.75 Å². The van der Waals surface area contributed by atoms with Crippen molar-refractivity contribution >= 4 is 27.3 Å². The third-order valence-corrected chi connectivity index (χ3v) is 5.34. The topological polar surface area (TPSA) is 75.7 Å². The van der Waals surface area contributed by atoms with Crippen LogP contribution in [0.4, 0.5) is 24.5 Å². The first-order chi connectivity index (χ1) is 14.4. The number of anilines is 2. The first kappa shape index (κ1) is 24.5. The molecule has 170 valence electrons. The first-order valence-corrected chi connectivity index (χ1v) is 11.4. The van der Waals surface area contributed by atoms with Crippen molar-refractivity contribution < 1.29 is 31.1 Å². The second-order valence-corrected chi connectivity index (χ2v) is 9.10. The second-order valence-electron chi connectivity index (χ2n) is 7.20. The fourth-order valence-corrected chi connectivity index (χ4v) is 3.80. The summed E-state index contributed by atoms with van der Waals surface area (Å²) in [5.74, 6) is 0.143. The van der Waals surface area contributed by atoms with Crippen LogP contribution in [0.1, 0.15) is 32.3 Å². The summed E-state index contributed by atoms with van der Waals surface area (Å²) in [6.45, 7) is 3.57. The zero-order valence-corrected chi connectivity index (χ0v) is 18.3. The Morgan fingerprint density at radius 2 is 1.81 bits per heavy atom. The molecule has 0 radical (unpaired) electrons. The highest BCUT2D eigenvalue weighted by Gasteiger charge is 2.31. The lowest BCUT2D eigenvalue weighted by Gasteiger charge is -2.23. The van der Waals surface area contributed by atoms with Gasteiger partial charge < -0.3 is 10.1 Å². The number of hydrogen-bond acceptors (Lipinski definition) is 4. The smallest absolute Gasteiger partial charge is 0.416 e. The molecule has 0 aliphatic heterocycles. The molecule has 2 aromatic rings. The third kappa shape index (κ3) is 7.46. The standard InChI is InChI=1S/C21H25F3N2O4S/c1-15(2)30-19-11-5-4-10-18(19)25-20(27)12-7-13-26(31(3,28)29)17-9-6-8-16(14-17)21(22,23)24/h4-6,8-11,14-15H,7,12-13H2,1-3H3,(H,25,27). The Balaban J connectivity index is 2.06. The van der Waals surface area contributed by atoms with Gasteiger partial charge in [0, 0.05) is 13.0 Å². The van der Waals surface area contributed by atoms with Gasteiger partial charge in [0.05, 0.1) is 29.3 Å². The largest absolute Gasteiger partial charge is 0.489 e. The SMILES string of the molecule is CC(C)Oc1ccccc1NC(=O)CCCN(c1cccc(C(F)(F)F)c1)S(C)(=O)=O. The molecule has 10 heteroatoms. The number of alkyl halides is 3. The zero-order chi connectivity index (χ0) is 23.2. The van der Waals surface area contributed by atoms with Gasteiger partial charge in [0.2, 0.25) is 15.9 Å². The number of carbonyl (C=O) groups is 1. The molecular formula is C21H25F3N2O4S. The molecule has 0 spiro atoms. The molecule has 0 unspecified atom stereocenters. The van der Waals surface area contributed by atoms with Crippen LogP contribution in [-0.4, -0.2) is 33.2 Å². The maximum absolute atomic E-state index is 13.0. The predicted octanol–water partition coefficient (Wildman–Crippen LogP) is 4.68. The van der Waals surface area contributed by atoms with E-state index in [9.17, 15) is 26.4 Å². The summed E-state index contributed by atoms with van der Waals surface area (Å²) in [6, 6.07) is 11.0. The highest BCUT2D eigenvalue weighted by Crippen LogP contribution is 2.32. The van der Waals surface area contributed by atoms with Crippen LogP contribution < -0.4 is 14.4 Å². The van der Waals surface area contributed by atoms with Gasteiger partial charge in [0.25, 0.3) is 0 Å². The van der Waals surface area contributed by atoms with E-state index in [4.69, 9.17) is 4.74 Å². The Labute approximate surface area is 180 Å². The zero-order valence-electron chi connectivity index (χ0n) is 17.4. The minimum atomic E-state index is -4.59. The number of benzene rings is 2. The normalized spacial score (nSPS) is 12.0. The fraction of sp³-hybridized carbons (Fsp3) is 0.381. The van der Waals surface area contributed by atoms with Gasteiger partial charge in [0.1, 0.15) is 5.75 Å². The van der Waals surface area contributed by atoms with Crippen molar-refractivity contribution in [2.45, 2.75) is 39.0 Å². The van der Waals surface area contributed by atoms with Gasteiger partial charge in [-0.25, -0.2) is 8.42 Å². The van der Waals surface area contributed by atoms with Crippen LogP contribution in [0.15, 0.2) is 48.5 Å². The maximum Gasteiger partial charge on any atom is 0.416 e. The predicted molar refractivity (Wildman–Crippen MR) is 114 cm³/mol. The Kier molecular flexibility index (Phi) is 7.94.